The topological polar surface area (TPSA) is 64.9 Å². The Balaban J connectivity index is 2.22. The van der Waals surface area contributed by atoms with Crippen LogP contribution in [0.25, 0.3) is 11.5 Å². The predicted molar refractivity (Wildman–Crippen MR) is 64.8 cm³/mol. The molecule has 0 saturated heterocycles. The van der Waals surface area contributed by atoms with Crippen LogP contribution in [0.3, 0.4) is 0 Å². The highest BCUT2D eigenvalue weighted by atomic mass is 79.9. The number of nitrogens with two attached hydrogens (primary N) is 1. The van der Waals surface area contributed by atoms with E-state index in [0.717, 1.165) is 22.9 Å². The third kappa shape index (κ3) is 2.48. The fraction of sp³-hybridized carbons (Fsp3) is 0.273. The average Bonchev–Trinajstić information content (AvgIpc) is 2.75. The molecule has 0 amide bonds. The minimum Gasteiger partial charge on any atom is -0.421 e. The van der Waals surface area contributed by atoms with Gasteiger partial charge in [-0.2, -0.15) is 0 Å². The molecule has 0 radical (unpaired) electrons. The monoisotopic (exact) mass is 281 g/mol. The zero-order valence-corrected chi connectivity index (χ0v) is 10.3. The molecule has 5 heteroatoms. The van der Waals surface area contributed by atoms with E-state index in [0.29, 0.717) is 18.3 Å². The van der Waals surface area contributed by atoms with Gasteiger partial charge in [-0.25, -0.2) is 0 Å². The van der Waals surface area contributed by atoms with Crippen molar-refractivity contribution in [2.45, 2.75) is 12.8 Å². The highest BCUT2D eigenvalue weighted by molar-refractivity contribution is 9.10. The van der Waals surface area contributed by atoms with Gasteiger partial charge in [0.2, 0.25) is 11.8 Å². The summed E-state index contributed by atoms with van der Waals surface area (Å²) in [7, 11) is 0. The van der Waals surface area contributed by atoms with E-state index in [4.69, 9.17) is 10.2 Å². The molecule has 2 N–H and O–H groups in total. The van der Waals surface area contributed by atoms with E-state index < -0.39 is 0 Å². The molecule has 0 aliphatic rings. The van der Waals surface area contributed by atoms with Gasteiger partial charge in [0.05, 0.1) is 5.56 Å². The predicted octanol–water partition coefficient (Wildman–Crippen LogP) is 2.39. The van der Waals surface area contributed by atoms with Crippen molar-refractivity contribution in [2.75, 3.05) is 6.54 Å². The SMILES string of the molecule is NCCCc1nnc(-c2ccccc2Br)o1. The molecule has 2 aromatic rings. The first-order valence-corrected chi connectivity index (χ1v) is 5.88. The molecule has 2 rings (SSSR count). The molecular weight excluding hydrogens is 270 g/mol. The van der Waals surface area contributed by atoms with Gasteiger partial charge in [0.15, 0.2) is 0 Å². The molecule has 1 aromatic carbocycles. The third-order valence-electron chi connectivity index (χ3n) is 2.17. The Morgan fingerprint density at radius 3 is 2.81 bits per heavy atom. The van der Waals surface area contributed by atoms with Crippen molar-refractivity contribution in [3.63, 3.8) is 0 Å². The molecule has 16 heavy (non-hydrogen) atoms. The van der Waals surface area contributed by atoms with Crippen LogP contribution < -0.4 is 5.73 Å². The number of rotatable bonds is 4. The van der Waals surface area contributed by atoms with Gasteiger partial charge in [-0.1, -0.05) is 12.1 Å². The number of halogens is 1. The fourth-order valence-corrected chi connectivity index (χ4v) is 1.81. The molecule has 4 nitrogen and oxygen atoms in total. The first-order chi connectivity index (χ1) is 7.81. The maximum Gasteiger partial charge on any atom is 0.248 e. The van der Waals surface area contributed by atoms with E-state index in [-0.39, 0.29) is 0 Å². The van der Waals surface area contributed by atoms with Gasteiger partial charge in [-0.15, -0.1) is 10.2 Å². The first kappa shape index (κ1) is 11.3. The molecule has 1 aromatic heterocycles. The summed E-state index contributed by atoms with van der Waals surface area (Å²) in [6.07, 6.45) is 1.59. The smallest absolute Gasteiger partial charge is 0.248 e. The lowest BCUT2D eigenvalue weighted by atomic mass is 10.2. The maximum absolute atomic E-state index is 5.54. The molecule has 0 fully saturated rings. The van der Waals surface area contributed by atoms with Gasteiger partial charge in [0, 0.05) is 10.9 Å². The summed E-state index contributed by atoms with van der Waals surface area (Å²) in [5.74, 6) is 1.18. The molecule has 84 valence electrons. The molecular formula is C11H12BrN3O. The Kier molecular flexibility index (Phi) is 3.69. The normalized spacial score (nSPS) is 10.6. The Morgan fingerprint density at radius 1 is 1.25 bits per heavy atom. The van der Waals surface area contributed by atoms with Gasteiger partial charge in [0.1, 0.15) is 0 Å². The van der Waals surface area contributed by atoms with Crippen LogP contribution in [0.1, 0.15) is 12.3 Å². The summed E-state index contributed by atoms with van der Waals surface area (Å²) in [6, 6.07) is 7.76. The van der Waals surface area contributed by atoms with Gasteiger partial charge < -0.3 is 10.2 Å². The molecule has 0 unspecified atom stereocenters. The molecule has 0 spiro atoms. The summed E-state index contributed by atoms with van der Waals surface area (Å²) >= 11 is 3.45. The van der Waals surface area contributed by atoms with E-state index in [1.54, 1.807) is 0 Å². The minimum absolute atomic E-state index is 0.541. The van der Waals surface area contributed by atoms with Crippen LogP contribution in [0.4, 0.5) is 0 Å². The van der Waals surface area contributed by atoms with Crippen molar-refractivity contribution >= 4 is 15.9 Å². The van der Waals surface area contributed by atoms with Crippen molar-refractivity contribution in [2.24, 2.45) is 5.73 Å². The maximum atomic E-state index is 5.54. The van der Waals surface area contributed by atoms with Crippen LogP contribution in [-0.4, -0.2) is 16.7 Å². The Bertz CT molecular complexity index is 470. The minimum atomic E-state index is 0.541. The Labute approximate surface area is 102 Å². The van der Waals surface area contributed by atoms with Crippen molar-refractivity contribution in [1.29, 1.82) is 0 Å². The highest BCUT2D eigenvalue weighted by Crippen LogP contribution is 2.26. The van der Waals surface area contributed by atoms with Gasteiger partial charge in [-0.05, 0) is 41.0 Å². The Morgan fingerprint density at radius 2 is 2.06 bits per heavy atom. The number of nitrogens with zero attached hydrogens (tertiary/aromatic N) is 2. The Hall–Kier alpha value is -1.20. The standard InChI is InChI=1S/C11H12BrN3O/c12-9-5-2-1-4-8(9)11-15-14-10(16-11)6-3-7-13/h1-2,4-5H,3,6-7,13H2. The molecule has 0 atom stereocenters. The summed E-state index contributed by atoms with van der Waals surface area (Å²) in [6.45, 7) is 0.632. The van der Waals surface area contributed by atoms with Gasteiger partial charge >= 0.3 is 0 Å². The summed E-state index contributed by atoms with van der Waals surface area (Å²) < 4.78 is 6.49. The van der Waals surface area contributed by atoms with Gasteiger partial charge in [-0.3, -0.25) is 0 Å². The van der Waals surface area contributed by atoms with Crippen LogP contribution in [0.15, 0.2) is 33.2 Å². The van der Waals surface area contributed by atoms with Crippen molar-refractivity contribution < 1.29 is 4.42 Å². The van der Waals surface area contributed by atoms with E-state index >= 15 is 0 Å². The highest BCUT2D eigenvalue weighted by Gasteiger charge is 2.10. The fourth-order valence-electron chi connectivity index (χ4n) is 1.35. The number of aryl methyl sites for hydroxylation is 1. The summed E-state index contributed by atoms with van der Waals surface area (Å²) in [5, 5.41) is 7.99. The van der Waals surface area contributed by atoms with E-state index in [1.807, 2.05) is 24.3 Å². The van der Waals surface area contributed by atoms with Crippen LogP contribution in [0.5, 0.6) is 0 Å². The molecule has 0 bridgehead atoms. The molecule has 1 heterocycles. The number of aromatic nitrogens is 2. The lowest BCUT2D eigenvalue weighted by Crippen LogP contribution is -2.00. The van der Waals surface area contributed by atoms with Crippen LogP contribution >= 0.6 is 15.9 Å². The lowest BCUT2D eigenvalue weighted by Gasteiger charge is -1.97. The van der Waals surface area contributed by atoms with Crippen LogP contribution in [0.2, 0.25) is 0 Å². The summed E-state index contributed by atoms with van der Waals surface area (Å²) in [4.78, 5) is 0. The van der Waals surface area contributed by atoms with Crippen LogP contribution in [0, 0.1) is 0 Å². The second kappa shape index (κ2) is 5.23. The number of hydrogen-bond acceptors (Lipinski definition) is 4. The third-order valence-corrected chi connectivity index (χ3v) is 2.86. The van der Waals surface area contributed by atoms with E-state index in [9.17, 15) is 0 Å². The molecule has 0 saturated carbocycles. The van der Waals surface area contributed by atoms with Gasteiger partial charge in [0.25, 0.3) is 0 Å². The largest absolute Gasteiger partial charge is 0.421 e. The zero-order valence-electron chi connectivity index (χ0n) is 8.69. The zero-order chi connectivity index (χ0) is 11.4. The van der Waals surface area contributed by atoms with Crippen molar-refractivity contribution in [3.05, 3.63) is 34.6 Å². The first-order valence-electron chi connectivity index (χ1n) is 5.08. The second-order valence-electron chi connectivity index (χ2n) is 3.37. The quantitative estimate of drug-likeness (QED) is 0.935. The lowest BCUT2D eigenvalue weighted by molar-refractivity contribution is 0.498. The summed E-state index contributed by atoms with van der Waals surface area (Å²) in [5.41, 5.74) is 6.33. The van der Waals surface area contributed by atoms with E-state index in [2.05, 4.69) is 26.1 Å². The molecule has 0 aliphatic carbocycles. The average molecular weight is 282 g/mol. The van der Waals surface area contributed by atoms with E-state index in [1.165, 1.54) is 0 Å². The van der Waals surface area contributed by atoms with Crippen molar-refractivity contribution in [3.8, 4) is 11.5 Å². The molecule has 0 aliphatic heterocycles. The number of hydrogen-bond donors (Lipinski definition) is 1. The number of benzene rings is 1. The second-order valence-corrected chi connectivity index (χ2v) is 4.23. The van der Waals surface area contributed by atoms with Crippen molar-refractivity contribution in [1.82, 2.24) is 10.2 Å². The van der Waals surface area contributed by atoms with Crippen LogP contribution in [-0.2, 0) is 6.42 Å².